The maximum absolute atomic E-state index is 4.40. The van der Waals surface area contributed by atoms with Gasteiger partial charge in [0.15, 0.2) is 0 Å². The summed E-state index contributed by atoms with van der Waals surface area (Å²) in [5.74, 6) is 0. The molecule has 0 saturated carbocycles. The molecule has 0 aromatic heterocycles. The van der Waals surface area contributed by atoms with E-state index in [0.29, 0.717) is 0 Å². The van der Waals surface area contributed by atoms with Crippen LogP contribution in [-0.4, -0.2) is 0 Å². The topological polar surface area (TPSA) is 24.7 Å². The maximum atomic E-state index is 4.40. The van der Waals surface area contributed by atoms with Crippen molar-refractivity contribution in [2.45, 2.75) is 39.5 Å². The first-order chi connectivity index (χ1) is 9.78. The first-order valence-electron chi connectivity index (χ1n) is 7.32. The third-order valence-corrected chi connectivity index (χ3v) is 3.19. The standard InChI is InChI=1S/C18H22N2/c1-3-8-16-10-5-7-12-18(14-16)20-19-17-11-6-4-9-15(2)13-17/h5-6,9-14H,3-4,7-8H2,1-2H3. The monoisotopic (exact) mass is 266 g/mol. The van der Waals surface area contributed by atoms with E-state index in [4.69, 9.17) is 0 Å². The molecule has 0 amide bonds. The van der Waals surface area contributed by atoms with Crippen molar-refractivity contribution in [2.75, 3.05) is 0 Å². The van der Waals surface area contributed by atoms with Crippen molar-refractivity contribution in [3.63, 3.8) is 0 Å². The Morgan fingerprint density at radius 3 is 2.55 bits per heavy atom. The van der Waals surface area contributed by atoms with Gasteiger partial charge in [0, 0.05) is 0 Å². The fourth-order valence-electron chi connectivity index (χ4n) is 2.18. The Bertz CT molecular complexity index is 552. The van der Waals surface area contributed by atoms with Gasteiger partial charge >= 0.3 is 0 Å². The lowest BCUT2D eigenvalue weighted by atomic mass is 10.1. The lowest BCUT2D eigenvalue weighted by Crippen LogP contribution is -1.79. The van der Waals surface area contributed by atoms with Gasteiger partial charge in [-0.25, -0.2) is 0 Å². The minimum atomic E-state index is 0.916. The van der Waals surface area contributed by atoms with E-state index in [2.05, 4.69) is 66.6 Å². The van der Waals surface area contributed by atoms with Gasteiger partial charge in [0.1, 0.15) is 0 Å². The molecule has 20 heavy (non-hydrogen) atoms. The van der Waals surface area contributed by atoms with Crippen LogP contribution < -0.4 is 0 Å². The van der Waals surface area contributed by atoms with Crippen LogP contribution in [0.25, 0.3) is 0 Å². The fourth-order valence-corrected chi connectivity index (χ4v) is 2.18. The third kappa shape index (κ3) is 4.61. The summed E-state index contributed by atoms with van der Waals surface area (Å²) in [7, 11) is 0. The molecular formula is C18H22N2. The van der Waals surface area contributed by atoms with Crippen LogP contribution in [0.1, 0.15) is 39.5 Å². The molecule has 2 aliphatic carbocycles. The predicted octanol–water partition coefficient (Wildman–Crippen LogP) is 5.80. The number of nitrogens with zero attached hydrogens (tertiary/aromatic N) is 2. The van der Waals surface area contributed by atoms with Crippen LogP contribution >= 0.6 is 0 Å². The van der Waals surface area contributed by atoms with E-state index in [1.165, 1.54) is 11.1 Å². The molecule has 0 aliphatic heterocycles. The van der Waals surface area contributed by atoms with Crippen molar-refractivity contribution in [3.05, 3.63) is 71.1 Å². The van der Waals surface area contributed by atoms with Crippen LogP contribution in [0.15, 0.2) is 81.4 Å². The van der Waals surface area contributed by atoms with Gasteiger partial charge in [-0.15, -0.1) is 0 Å². The Morgan fingerprint density at radius 2 is 1.70 bits per heavy atom. The largest absolute Gasteiger partial charge is 0.151 e. The van der Waals surface area contributed by atoms with Crippen molar-refractivity contribution in [1.82, 2.24) is 0 Å². The first kappa shape index (κ1) is 14.4. The molecular weight excluding hydrogens is 244 g/mol. The SMILES string of the molecule is CCCC1=CC(N=NC2=CC(C)=CCC=C2)=CCC=C1. The zero-order valence-electron chi connectivity index (χ0n) is 12.3. The molecule has 0 heterocycles. The van der Waals surface area contributed by atoms with Crippen LogP contribution in [0.2, 0.25) is 0 Å². The average molecular weight is 266 g/mol. The van der Waals surface area contributed by atoms with E-state index in [9.17, 15) is 0 Å². The molecule has 2 heteroatoms. The Hall–Kier alpha value is -1.96. The van der Waals surface area contributed by atoms with Crippen LogP contribution in [0.4, 0.5) is 0 Å². The normalized spacial score (nSPS) is 19.1. The highest BCUT2D eigenvalue weighted by molar-refractivity contribution is 5.34. The lowest BCUT2D eigenvalue weighted by molar-refractivity contribution is 0.923. The Balaban J connectivity index is 2.12. The van der Waals surface area contributed by atoms with Gasteiger partial charge < -0.3 is 0 Å². The molecule has 0 N–H and O–H groups in total. The molecule has 0 saturated heterocycles. The Kier molecular flexibility index (Phi) is 5.48. The molecule has 0 fully saturated rings. The number of azo groups is 1. The van der Waals surface area contributed by atoms with Crippen molar-refractivity contribution in [3.8, 4) is 0 Å². The van der Waals surface area contributed by atoms with Crippen molar-refractivity contribution in [2.24, 2.45) is 10.2 Å². The van der Waals surface area contributed by atoms with Crippen molar-refractivity contribution < 1.29 is 0 Å². The summed E-state index contributed by atoms with van der Waals surface area (Å²) in [6.45, 7) is 4.29. The number of rotatable bonds is 4. The summed E-state index contributed by atoms with van der Waals surface area (Å²) in [4.78, 5) is 0. The van der Waals surface area contributed by atoms with Gasteiger partial charge in [0.25, 0.3) is 0 Å². The number of hydrogen-bond acceptors (Lipinski definition) is 2. The third-order valence-electron chi connectivity index (χ3n) is 3.19. The zero-order chi connectivity index (χ0) is 14.2. The lowest BCUT2D eigenvalue weighted by Gasteiger charge is -1.98. The van der Waals surface area contributed by atoms with Gasteiger partial charge in [-0.2, -0.15) is 10.2 Å². The quantitative estimate of drug-likeness (QED) is 0.574. The highest BCUT2D eigenvalue weighted by atomic mass is 15.1. The van der Waals surface area contributed by atoms with Crippen LogP contribution in [0.3, 0.4) is 0 Å². The summed E-state index contributed by atoms with van der Waals surface area (Å²) < 4.78 is 0. The smallest absolute Gasteiger partial charge is 0.0856 e. The van der Waals surface area contributed by atoms with E-state index < -0.39 is 0 Å². The molecule has 0 radical (unpaired) electrons. The van der Waals surface area contributed by atoms with Gasteiger partial charge in [0.05, 0.1) is 11.4 Å². The summed E-state index contributed by atoms with van der Waals surface area (Å²) in [5, 5.41) is 8.77. The molecule has 2 aliphatic rings. The molecule has 2 nitrogen and oxygen atoms in total. The minimum Gasteiger partial charge on any atom is -0.151 e. The highest BCUT2D eigenvalue weighted by Gasteiger charge is 2.00. The van der Waals surface area contributed by atoms with Crippen LogP contribution in [0.5, 0.6) is 0 Å². The summed E-state index contributed by atoms with van der Waals surface area (Å²) in [6.07, 6.45) is 21.2. The maximum Gasteiger partial charge on any atom is 0.0856 e. The van der Waals surface area contributed by atoms with E-state index >= 15 is 0 Å². The molecule has 0 atom stereocenters. The Morgan fingerprint density at radius 1 is 0.950 bits per heavy atom. The van der Waals surface area contributed by atoms with Crippen LogP contribution in [-0.2, 0) is 0 Å². The summed E-state index contributed by atoms with van der Waals surface area (Å²) >= 11 is 0. The fraction of sp³-hybridized carbons (Fsp3) is 0.333. The zero-order valence-corrected chi connectivity index (χ0v) is 12.3. The van der Waals surface area contributed by atoms with Gasteiger partial charge in [-0.1, -0.05) is 49.3 Å². The Labute approximate surface area is 121 Å². The highest BCUT2D eigenvalue weighted by Crippen LogP contribution is 2.18. The second kappa shape index (κ2) is 7.59. The molecule has 0 unspecified atom stereocenters. The molecule has 0 aromatic carbocycles. The van der Waals surface area contributed by atoms with E-state index in [1.54, 1.807) is 0 Å². The summed E-state index contributed by atoms with van der Waals surface area (Å²) in [5.41, 5.74) is 4.44. The van der Waals surface area contributed by atoms with E-state index in [-0.39, 0.29) is 0 Å². The molecule has 0 spiro atoms. The van der Waals surface area contributed by atoms with E-state index in [0.717, 1.165) is 37.1 Å². The minimum absolute atomic E-state index is 0.916. The van der Waals surface area contributed by atoms with Crippen molar-refractivity contribution >= 4 is 0 Å². The van der Waals surface area contributed by atoms with Gasteiger partial charge in [-0.05, 0) is 50.0 Å². The number of allylic oxidation sites excluding steroid dienone is 10. The van der Waals surface area contributed by atoms with Gasteiger partial charge in [-0.3, -0.25) is 0 Å². The predicted molar refractivity (Wildman–Crippen MR) is 85.3 cm³/mol. The average Bonchev–Trinajstić information content (AvgIpc) is 2.77. The second-order valence-corrected chi connectivity index (χ2v) is 5.09. The summed E-state index contributed by atoms with van der Waals surface area (Å²) in [6, 6.07) is 0. The molecule has 0 aromatic rings. The number of hydrogen-bond donors (Lipinski definition) is 0. The molecule has 0 bridgehead atoms. The van der Waals surface area contributed by atoms with Crippen LogP contribution in [0, 0.1) is 0 Å². The van der Waals surface area contributed by atoms with E-state index in [1.807, 2.05) is 6.08 Å². The van der Waals surface area contributed by atoms with Crippen molar-refractivity contribution in [1.29, 1.82) is 0 Å². The second-order valence-electron chi connectivity index (χ2n) is 5.09. The molecule has 2 rings (SSSR count). The molecule has 104 valence electrons. The van der Waals surface area contributed by atoms with Gasteiger partial charge in [0.2, 0.25) is 0 Å². The first-order valence-corrected chi connectivity index (χ1v) is 7.32.